The molecule has 3 N–H and O–H groups in total. The average molecular weight is 352 g/mol. The van der Waals surface area contributed by atoms with Gasteiger partial charge in [-0.05, 0) is 35.7 Å². The molecule has 0 saturated heterocycles. The van der Waals surface area contributed by atoms with Crippen molar-refractivity contribution < 1.29 is 4.39 Å². The van der Waals surface area contributed by atoms with Crippen molar-refractivity contribution in [1.29, 1.82) is 0 Å². The first-order valence-electron chi connectivity index (χ1n) is 8.30. The van der Waals surface area contributed by atoms with Crippen molar-refractivity contribution in [2.45, 2.75) is 20.0 Å². The molecule has 0 spiro atoms. The van der Waals surface area contributed by atoms with Crippen LogP contribution in [0.25, 0.3) is 11.4 Å². The van der Waals surface area contributed by atoms with Gasteiger partial charge in [0.2, 0.25) is 0 Å². The first-order chi connectivity index (χ1) is 12.7. The molecule has 3 aromatic rings. The number of benzene rings is 2. The Morgan fingerprint density at radius 3 is 2.54 bits per heavy atom. The largest absolute Gasteiger partial charge is 0.352 e. The lowest BCUT2D eigenvalue weighted by Crippen LogP contribution is -2.36. The Kier molecular flexibility index (Phi) is 5.58. The van der Waals surface area contributed by atoms with E-state index in [0.717, 1.165) is 22.5 Å². The van der Waals surface area contributed by atoms with Gasteiger partial charge in [-0.1, -0.05) is 30.3 Å². The third-order valence-electron chi connectivity index (χ3n) is 4.00. The van der Waals surface area contributed by atoms with E-state index < -0.39 is 0 Å². The highest BCUT2D eigenvalue weighted by Crippen LogP contribution is 2.15. The Labute approximate surface area is 151 Å². The zero-order valence-corrected chi connectivity index (χ0v) is 14.8. The van der Waals surface area contributed by atoms with Gasteiger partial charge in [-0.2, -0.15) is 5.10 Å². The van der Waals surface area contributed by atoms with Crippen LogP contribution in [0.2, 0.25) is 0 Å². The summed E-state index contributed by atoms with van der Waals surface area (Å²) in [5, 5.41) is 13.2. The topological polar surface area (TPSA) is 78.0 Å². The van der Waals surface area contributed by atoms with Gasteiger partial charge in [0.05, 0.1) is 0 Å². The molecule has 0 aliphatic heterocycles. The maximum absolute atomic E-state index is 13.6. The highest BCUT2D eigenvalue weighted by Gasteiger charge is 2.04. The number of aromatic amines is 1. The predicted molar refractivity (Wildman–Crippen MR) is 100.0 cm³/mol. The number of hydrogen-bond donors (Lipinski definition) is 3. The summed E-state index contributed by atoms with van der Waals surface area (Å²) >= 11 is 0. The monoisotopic (exact) mass is 352 g/mol. The summed E-state index contributed by atoms with van der Waals surface area (Å²) in [7, 11) is 1.70. The van der Waals surface area contributed by atoms with Gasteiger partial charge in [0.25, 0.3) is 0 Å². The standard InChI is InChI=1S/C19H21FN6/c1-13-6-7-15(9-17(13)20)11-23-19(21-2)22-10-14-4-3-5-16(8-14)18-24-12-25-26-18/h3-9,12H,10-11H2,1-2H3,(H2,21,22,23)(H,24,25,26). The molecule has 1 heterocycles. The van der Waals surface area contributed by atoms with Gasteiger partial charge in [0, 0.05) is 25.7 Å². The Balaban J connectivity index is 1.57. The molecular formula is C19H21FN6. The highest BCUT2D eigenvalue weighted by atomic mass is 19.1. The van der Waals surface area contributed by atoms with Crippen molar-refractivity contribution in [3.63, 3.8) is 0 Å². The maximum Gasteiger partial charge on any atom is 0.191 e. The Hall–Kier alpha value is -3.22. The van der Waals surface area contributed by atoms with Crippen LogP contribution in [0.1, 0.15) is 16.7 Å². The van der Waals surface area contributed by atoms with E-state index in [1.165, 1.54) is 12.4 Å². The molecule has 0 aliphatic carbocycles. The van der Waals surface area contributed by atoms with Crippen molar-refractivity contribution in [3.8, 4) is 11.4 Å². The van der Waals surface area contributed by atoms with E-state index in [0.29, 0.717) is 24.6 Å². The van der Waals surface area contributed by atoms with Crippen molar-refractivity contribution in [2.24, 2.45) is 4.99 Å². The van der Waals surface area contributed by atoms with Gasteiger partial charge in [-0.25, -0.2) is 9.37 Å². The molecule has 1 aromatic heterocycles. The molecule has 0 amide bonds. The van der Waals surface area contributed by atoms with E-state index in [1.807, 2.05) is 30.3 Å². The molecule has 7 heteroatoms. The summed E-state index contributed by atoms with van der Waals surface area (Å²) in [6, 6.07) is 13.2. The number of halogens is 1. The van der Waals surface area contributed by atoms with Crippen LogP contribution in [0.4, 0.5) is 4.39 Å². The van der Waals surface area contributed by atoms with E-state index in [-0.39, 0.29) is 5.82 Å². The number of rotatable bonds is 5. The fraction of sp³-hybridized carbons (Fsp3) is 0.211. The van der Waals surface area contributed by atoms with Gasteiger partial charge >= 0.3 is 0 Å². The number of aryl methyl sites for hydroxylation is 1. The van der Waals surface area contributed by atoms with Crippen LogP contribution in [-0.2, 0) is 13.1 Å². The SMILES string of the molecule is CN=C(NCc1cccc(-c2ncn[nH]2)c1)NCc1ccc(C)c(F)c1. The molecule has 6 nitrogen and oxygen atoms in total. The van der Waals surface area contributed by atoms with E-state index in [9.17, 15) is 4.39 Å². The van der Waals surface area contributed by atoms with Crippen LogP contribution in [0, 0.1) is 12.7 Å². The molecule has 0 fully saturated rings. The van der Waals surface area contributed by atoms with Gasteiger partial charge in [0.15, 0.2) is 11.8 Å². The number of guanidine groups is 1. The second-order valence-electron chi connectivity index (χ2n) is 5.90. The molecule has 3 rings (SSSR count). The van der Waals surface area contributed by atoms with Crippen molar-refractivity contribution >= 4 is 5.96 Å². The number of aromatic nitrogens is 3. The molecule has 0 saturated carbocycles. The van der Waals surface area contributed by atoms with Crippen LogP contribution >= 0.6 is 0 Å². The summed E-state index contributed by atoms with van der Waals surface area (Å²) < 4.78 is 13.6. The lowest BCUT2D eigenvalue weighted by molar-refractivity contribution is 0.615. The quantitative estimate of drug-likeness (QED) is 0.487. The Bertz CT molecular complexity index is 889. The third-order valence-corrected chi connectivity index (χ3v) is 4.00. The van der Waals surface area contributed by atoms with E-state index in [1.54, 1.807) is 20.0 Å². The smallest absolute Gasteiger partial charge is 0.191 e. The van der Waals surface area contributed by atoms with Crippen molar-refractivity contribution in [3.05, 3.63) is 71.3 Å². The number of nitrogens with one attached hydrogen (secondary N) is 3. The molecule has 0 bridgehead atoms. The fourth-order valence-corrected chi connectivity index (χ4v) is 2.51. The molecule has 0 atom stereocenters. The minimum absolute atomic E-state index is 0.198. The molecule has 0 radical (unpaired) electrons. The minimum atomic E-state index is -0.198. The summed E-state index contributed by atoms with van der Waals surface area (Å²) in [6.45, 7) is 2.85. The average Bonchev–Trinajstić information content (AvgIpc) is 3.20. The number of aliphatic imine (C=N–C) groups is 1. The number of nitrogens with zero attached hydrogens (tertiary/aromatic N) is 3. The van der Waals surface area contributed by atoms with Crippen molar-refractivity contribution in [2.75, 3.05) is 7.05 Å². The fourth-order valence-electron chi connectivity index (χ4n) is 2.51. The summed E-state index contributed by atoms with van der Waals surface area (Å²) in [5.74, 6) is 1.18. The minimum Gasteiger partial charge on any atom is -0.352 e. The highest BCUT2D eigenvalue weighted by molar-refractivity contribution is 5.79. The van der Waals surface area contributed by atoms with Crippen molar-refractivity contribution in [1.82, 2.24) is 25.8 Å². The Morgan fingerprint density at radius 2 is 1.88 bits per heavy atom. The number of H-pyrrole nitrogens is 1. The zero-order chi connectivity index (χ0) is 18.4. The van der Waals surface area contributed by atoms with Gasteiger partial charge in [0.1, 0.15) is 12.1 Å². The molecule has 0 aliphatic rings. The van der Waals surface area contributed by atoms with Gasteiger partial charge in [-0.3, -0.25) is 10.1 Å². The van der Waals surface area contributed by atoms with Gasteiger partial charge in [-0.15, -0.1) is 0 Å². The van der Waals surface area contributed by atoms with Crippen LogP contribution < -0.4 is 10.6 Å². The maximum atomic E-state index is 13.6. The summed E-state index contributed by atoms with van der Waals surface area (Å²) in [5.41, 5.74) is 3.56. The van der Waals surface area contributed by atoms with Gasteiger partial charge < -0.3 is 10.6 Å². The van der Waals surface area contributed by atoms with Crippen LogP contribution in [0.15, 0.2) is 53.8 Å². The summed E-state index contributed by atoms with van der Waals surface area (Å²) in [4.78, 5) is 8.36. The number of hydrogen-bond acceptors (Lipinski definition) is 3. The lowest BCUT2D eigenvalue weighted by atomic mass is 10.1. The van der Waals surface area contributed by atoms with Crippen LogP contribution in [-0.4, -0.2) is 28.2 Å². The Morgan fingerprint density at radius 1 is 1.12 bits per heavy atom. The van der Waals surface area contributed by atoms with Crippen LogP contribution in [0.5, 0.6) is 0 Å². The molecular weight excluding hydrogens is 331 g/mol. The first-order valence-corrected chi connectivity index (χ1v) is 8.30. The molecule has 26 heavy (non-hydrogen) atoms. The van der Waals surface area contributed by atoms with E-state index in [2.05, 4.69) is 30.8 Å². The molecule has 0 unspecified atom stereocenters. The second-order valence-corrected chi connectivity index (χ2v) is 5.90. The second kappa shape index (κ2) is 8.24. The molecule has 134 valence electrons. The zero-order valence-electron chi connectivity index (χ0n) is 14.8. The lowest BCUT2D eigenvalue weighted by Gasteiger charge is -2.13. The van der Waals surface area contributed by atoms with Crippen LogP contribution in [0.3, 0.4) is 0 Å². The predicted octanol–water partition coefficient (Wildman–Crippen LogP) is 2.78. The first kappa shape index (κ1) is 17.6. The molecule has 2 aromatic carbocycles. The normalized spacial score (nSPS) is 11.4. The van der Waals surface area contributed by atoms with E-state index >= 15 is 0 Å². The van der Waals surface area contributed by atoms with E-state index in [4.69, 9.17) is 0 Å². The third kappa shape index (κ3) is 4.44. The summed E-state index contributed by atoms with van der Waals surface area (Å²) in [6.07, 6.45) is 1.49.